The van der Waals surface area contributed by atoms with Crippen LogP contribution in [0.15, 0.2) is 76.5 Å². The van der Waals surface area contributed by atoms with Gasteiger partial charge in [-0.1, -0.05) is 18.2 Å². The molecule has 1 fully saturated rings. The second-order valence-electron chi connectivity index (χ2n) is 7.79. The number of pyridine rings is 1. The van der Waals surface area contributed by atoms with Gasteiger partial charge in [0.2, 0.25) is 0 Å². The summed E-state index contributed by atoms with van der Waals surface area (Å²) >= 11 is 0. The number of aromatic nitrogens is 1. The minimum Gasteiger partial charge on any atom is -0.467 e. The molecule has 0 bridgehead atoms. The fraction of sp³-hybridized carbons (Fsp3) is 0.320. The van der Waals surface area contributed by atoms with Crippen LogP contribution < -0.4 is 15.5 Å². The third-order valence-corrected chi connectivity index (χ3v) is 5.49. The van der Waals surface area contributed by atoms with Gasteiger partial charge in [-0.2, -0.15) is 0 Å². The second kappa shape index (κ2) is 11.2. The highest BCUT2D eigenvalue weighted by molar-refractivity contribution is 5.94. The number of hydrogen-bond acceptors (Lipinski definition) is 5. The first kappa shape index (κ1) is 22.4. The lowest BCUT2D eigenvalue weighted by atomic mass is 10.1. The molecule has 0 radical (unpaired) electrons. The summed E-state index contributed by atoms with van der Waals surface area (Å²) in [4.78, 5) is 26.4. The fourth-order valence-electron chi connectivity index (χ4n) is 3.77. The Kier molecular flexibility index (Phi) is 7.58. The number of furan rings is 1. The van der Waals surface area contributed by atoms with Crippen LogP contribution in [0.3, 0.4) is 0 Å². The van der Waals surface area contributed by atoms with Crippen molar-refractivity contribution in [3.05, 3.63) is 83.9 Å². The van der Waals surface area contributed by atoms with Crippen LogP contribution in [-0.4, -0.2) is 54.5 Å². The van der Waals surface area contributed by atoms with E-state index >= 15 is 0 Å². The molecule has 0 aliphatic carbocycles. The molecule has 1 saturated heterocycles. The number of nitrogens with one attached hydrogen (secondary N) is 2. The number of carbonyl (C=O) groups is 1. The van der Waals surface area contributed by atoms with Crippen molar-refractivity contribution in [1.29, 1.82) is 0 Å². The summed E-state index contributed by atoms with van der Waals surface area (Å²) < 4.78 is 5.27. The SMILES string of the molecule is CCNC(=NCc1cccc(C(=O)NCc2ccco2)c1)N1CCN(c2ccccn2)CC1. The Labute approximate surface area is 194 Å². The van der Waals surface area contributed by atoms with Crippen molar-refractivity contribution in [2.45, 2.75) is 20.0 Å². The highest BCUT2D eigenvalue weighted by atomic mass is 16.3. The van der Waals surface area contributed by atoms with Crippen LogP contribution in [0.2, 0.25) is 0 Å². The largest absolute Gasteiger partial charge is 0.467 e. The zero-order valence-electron chi connectivity index (χ0n) is 18.9. The van der Waals surface area contributed by atoms with Gasteiger partial charge in [-0.3, -0.25) is 4.79 Å². The minimum absolute atomic E-state index is 0.130. The summed E-state index contributed by atoms with van der Waals surface area (Å²) in [6.45, 7) is 7.28. The number of hydrogen-bond donors (Lipinski definition) is 2. The Morgan fingerprint density at radius 3 is 2.67 bits per heavy atom. The summed E-state index contributed by atoms with van der Waals surface area (Å²) in [5.41, 5.74) is 1.60. The molecule has 1 aromatic carbocycles. The van der Waals surface area contributed by atoms with Gasteiger partial charge in [0.15, 0.2) is 5.96 Å². The van der Waals surface area contributed by atoms with Crippen LogP contribution in [-0.2, 0) is 13.1 Å². The van der Waals surface area contributed by atoms with Crippen molar-refractivity contribution in [2.24, 2.45) is 4.99 Å². The average Bonchev–Trinajstić information content (AvgIpc) is 3.40. The molecule has 8 nitrogen and oxygen atoms in total. The van der Waals surface area contributed by atoms with Gasteiger partial charge in [0.25, 0.3) is 5.91 Å². The van der Waals surface area contributed by atoms with Gasteiger partial charge >= 0.3 is 0 Å². The smallest absolute Gasteiger partial charge is 0.251 e. The Bertz CT molecular complexity index is 1040. The van der Waals surface area contributed by atoms with E-state index in [1.165, 1.54) is 0 Å². The maximum absolute atomic E-state index is 12.5. The Morgan fingerprint density at radius 2 is 1.94 bits per heavy atom. The molecule has 1 aliphatic heterocycles. The number of anilines is 1. The van der Waals surface area contributed by atoms with Crippen molar-refractivity contribution in [2.75, 3.05) is 37.6 Å². The molecule has 1 amide bonds. The molecule has 0 unspecified atom stereocenters. The van der Waals surface area contributed by atoms with Gasteiger partial charge in [-0.05, 0) is 48.9 Å². The van der Waals surface area contributed by atoms with Crippen molar-refractivity contribution in [3.8, 4) is 0 Å². The van der Waals surface area contributed by atoms with Crippen molar-refractivity contribution in [3.63, 3.8) is 0 Å². The van der Waals surface area contributed by atoms with E-state index < -0.39 is 0 Å². The molecule has 0 atom stereocenters. The Morgan fingerprint density at radius 1 is 1.06 bits per heavy atom. The zero-order chi connectivity index (χ0) is 22.9. The minimum atomic E-state index is -0.130. The first-order valence-corrected chi connectivity index (χ1v) is 11.3. The molecule has 4 rings (SSSR count). The van der Waals surface area contributed by atoms with Crippen LogP contribution in [0.4, 0.5) is 5.82 Å². The van der Waals surface area contributed by atoms with Gasteiger partial charge in [0.05, 0.1) is 19.4 Å². The predicted octanol–water partition coefficient (Wildman–Crippen LogP) is 2.89. The molecule has 3 heterocycles. The second-order valence-corrected chi connectivity index (χ2v) is 7.79. The normalized spacial score (nSPS) is 14.3. The highest BCUT2D eigenvalue weighted by Crippen LogP contribution is 2.13. The van der Waals surface area contributed by atoms with Gasteiger partial charge in [-0.15, -0.1) is 0 Å². The lowest BCUT2D eigenvalue weighted by Crippen LogP contribution is -2.52. The third-order valence-electron chi connectivity index (χ3n) is 5.49. The van der Waals surface area contributed by atoms with Gasteiger partial charge in [0, 0.05) is 44.5 Å². The Balaban J connectivity index is 1.35. The molecule has 172 valence electrons. The monoisotopic (exact) mass is 446 g/mol. The average molecular weight is 447 g/mol. The number of piperazine rings is 1. The first-order valence-electron chi connectivity index (χ1n) is 11.3. The molecule has 8 heteroatoms. The quantitative estimate of drug-likeness (QED) is 0.429. The molecule has 2 aromatic heterocycles. The number of benzene rings is 1. The van der Waals surface area contributed by atoms with Crippen molar-refractivity contribution < 1.29 is 9.21 Å². The molecule has 0 saturated carbocycles. The van der Waals surface area contributed by atoms with Crippen LogP contribution >= 0.6 is 0 Å². The number of nitrogens with zero attached hydrogens (tertiary/aromatic N) is 4. The van der Waals surface area contributed by atoms with E-state index in [4.69, 9.17) is 9.41 Å². The number of guanidine groups is 1. The lowest BCUT2D eigenvalue weighted by Gasteiger charge is -2.37. The summed E-state index contributed by atoms with van der Waals surface area (Å²) in [6, 6.07) is 17.2. The van der Waals surface area contributed by atoms with Gasteiger partial charge < -0.3 is 24.9 Å². The van der Waals surface area contributed by atoms with Crippen molar-refractivity contribution in [1.82, 2.24) is 20.5 Å². The summed E-state index contributed by atoms with van der Waals surface area (Å²) in [6.07, 6.45) is 3.43. The summed E-state index contributed by atoms with van der Waals surface area (Å²) in [5, 5.41) is 6.29. The third kappa shape index (κ3) is 6.12. The van der Waals surface area contributed by atoms with E-state index in [0.29, 0.717) is 18.7 Å². The molecule has 0 spiro atoms. The topological polar surface area (TPSA) is 86.0 Å². The van der Waals surface area contributed by atoms with Crippen LogP contribution in [0, 0.1) is 0 Å². The molecule has 1 aliphatic rings. The van der Waals surface area contributed by atoms with E-state index in [0.717, 1.165) is 55.8 Å². The number of rotatable bonds is 7. The molecule has 2 N–H and O–H groups in total. The fourth-order valence-corrected chi connectivity index (χ4v) is 3.77. The summed E-state index contributed by atoms with van der Waals surface area (Å²) in [5.74, 6) is 2.50. The van der Waals surface area contributed by atoms with E-state index in [9.17, 15) is 4.79 Å². The molecular formula is C25H30N6O2. The molecule has 3 aromatic rings. The maximum Gasteiger partial charge on any atom is 0.251 e. The number of carbonyl (C=O) groups excluding carboxylic acids is 1. The van der Waals surface area contributed by atoms with E-state index in [1.54, 1.807) is 12.3 Å². The lowest BCUT2D eigenvalue weighted by molar-refractivity contribution is 0.0948. The first-order chi connectivity index (χ1) is 16.2. The highest BCUT2D eigenvalue weighted by Gasteiger charge is 2.20. The van der Waals surface area contributed by atoms with Gasteiger partial charge in [0.1, 0.15) is 11.6 Å². The Hall–Kier alpha value is -3.81. The van der Waals surface area contributed by atoms with Crippen LogP contribution in [0.5, 0.6) is 0 Å². The van der Waals surface area contributed by atoms with Crippen LogP contribution in [0.1, 0.15) is 28.6 Å². The van der Waals surface area contributed by atoms with E-state index in [2.05, 4.69) is 32.3 Å². The number of amides is 1. The van der Waals surface area contributed by atoms with Crippen LogP contribution in [0.25, 0.3) is 0 Å². The standard InChI is InChI=1S/C25H30N6O2/c1-2-26-25(31-14-12-30(13-15-31)23-10-3-4-11-27-23)29-18-20-7-5-8-21(17-20)24(32)28-19-22-9-6-16-33-22/h3-11,16-17H,2,12-15,18-19H2,1H3,(H,26,29)(H,28,32). The van der Waals surface area contributed by atoms with Gasteiger partial charge in [-0.25, -0.2) is 9.98 Å². The number of aliphatic imine (C=N–C) groups is 1. The predicted molar refractivity (Wildman–Crippen MR) is 129 cm³/mol. The zero-order valence-corrected chi connectivity index (χ0v) is 18.9. The summed E-state index contributed by atoms with van der Waals surface area (Å²) in [7, 11) is 0. The molecular weight excluding hydrogens is 416 g/mol. The van der Waals surface area contributed by atoms with Crippen molar-refractivity contribution >= 4 is 17.7 Å². The van der Waals surface area contributed by atoms with E-state index in [-0.39, 0.29) is 5.91 Å². The van der Waals surface area contributed by atoms with E-state index in [1.807, 2.05) is 54.7 Å². The maximum atomic E-state index is 12.5. The molecule has 33 heavy (non-hydrogen) atoms.